The van der Waals surface area contributed by atoms with Crippen LogP contribution < -0.4 is 0 Å². The van der Waals surface area contributed by atoms with Crippen molar-refractivity contribution in [1.29, 1.82) is 0 Å². The molecule has 0 amide bonds. The van der Waals surface area contributed by atoms with E-state index in [0.29, 0.717) is 0 Å². The van der Waals surface area contributed by atoms with Gasteiger partial charge in [0.1, 0.15) is 0 Å². The van der Waals surface area contributed by atoms with E-state index in [-0.39, 0.29) is 12.1 Å². The van der Waals surface area contributed by atoms with Gasteiger partial charge in [-0.25, -0.2) is 0 Å². The summed E-state index contributed by atoms with van der Waals surface area (Å²) in [5, 5.41) is 14.9. The van der Waals surface area contributed by atoms with E-state index in [2.05, 4.69) is 5.11 Å². The topological polar surface area (TPSA) is 38.4 Å². The molecule has 0 fully saturated rings. The lowest BCUT2D eigenvalue weighted by Gasteiger charge is -2.14. The van der Waals surface area contributed by atoms with Gasteiger partial charge in [-0.3, -0.25) is 0 Å². The van der Waals surface area contributed by atoms with E-state index in [9.17, 15) is 5.21 Å². The smallest absolute Gasteiger partial charge is 0.226 e. The normalized spacial score (nSPS) is 39.1. The number of fused-ring (bicyclic) bond motifs is 1. The largest absolute Gasteiger partial charge is 0.599 e. The average molecular weight is 148 g/mol. The molecule has 3 rings (SSSR count). The predicted molar refractivity (Wildman–Crippen MR) is 41.1 cm³/mol. The van der Waals surface area contributed by atoms with Gasteiger partial charge < -0.3 is 5.21 Å². The SMILES string of the molecule is [O-][N+]1=NC2C=CC1/C=C\C=C/2. The quantitative estimate of drug-likeness (QED) is 0.290. The highest BCUT2D eigenvalue weighted by atomic mass is 16.5. The third kappa shape index (κ3) is 1.09. The van der Waals surface area contributed by atoms with Gasteiger partial charge in [0.05, 0.1) is 0 Å². The number of azo groups is 1. The van der Waals surface area contributed by atoms with E-state index in [1.807, 2.05) is 36.5 Å². The monoisotopic (exact) mass is 148 g/mol. The third-order valence-corrected chi connectivity index (χ3v) is 1.74. The molecule has 56 valence electrons. The molecule has 2 atom stereocenters. The summed E-state index contributed by atoms with van der Waals surface area (Å²) in [6.45, 7) is 0. The fraction of sp³-hybridized carbons (Fsp3) is 0.250. The van der Waals surface area contributed by atoms with Crippen molar-refractivity contribution in [2.45, 2.75) is 12.1 Å². The maximum atomic E-state index is 11.0. The second-order valence-corrected chi connectivity index (χ2v) is 2.55. The van der Waals surface area contributed by atoms with Crippen LogP contribution >= 0.6 is 0 Å². The molecule has 1 aliphatic carbocycles. The molecule has 0 aromatic rings. The van der Waals surface area contributed by atoms with Crippen LogP contribution in [0.3, 0.4) is 0 Å². The van der Waals surface area contributed by atoms with E-state index in [1.54, 1.807) is 0 Å². The van der Waals surface area contributed by atoms with Crippen molar-refractivity contribution in [1.82, 2.24) is 0 Å². The highest BCUT2D eigenvalue weighted by Gasteiger charge is 2.18. The number of allylic oxidation sites excluding steroid dienone is 2. The summed E-state index contributed by atoms with van der Waals surface area (Å²) >= 11 is 0. The zero-order chi connectivity index (χ0) is 7.68. The van der Waals surface area contributed by atoms with Crippen LogP contribution in [-0.4, -0.2) is 16.9 Å². The Bertz CT molecular complexity index is 276. The Balaban J connectivity index is 2.43. The zero-order valence-corrected chi connectivity index (χ0v) is 5.92. The molecule has 3 heteroatoms. The minimum atomic E-state index is -0.198. The van der Waals surface area contributed by atoms with Crippen molar-refractivity contribution in [3.63, 3.8) is 0 Å². The first-order valence-electron chi connectivity index (χ1n) is 3.57. The Labute approximate surface area is 64.6 Å². The van der Waals surface area contributed by atoms with Crippen molar-refractivity contribution in [3.05, 3.63) is 41.7 Å². The van der Waals surface area contributed by atoms with E-state index in [4.69, 9.17) is 0 Å². The summed E-state index contributed by atoms with van der Waals surface area (Å²) in [5.74, 6) is 0. The molecule has 11 heavy (non-hydrogen) atoms. The summed E-state index contributed by atoms with van der Waals surface area (Å²) in [6, 6.07) is -0.259. The van der Waals surface area contributed by atoms with Gasteiger partial charge in [-0.15, -0.1) is 0 Å². The first kappa shape index (κ1) is 6.34. The Hall–Kier alpha value is -1.38. The van der Waals surface area contributed by atoms with Gasteiger partial charge in [-0.1, -0.05) is 23.1 Å². The third-order valence-electron chi connectivity index (χ3n) is 1.74. The summed E-state index contributed by atoms with van der Waals surface area (Å²) in [4.78, 5) is 0.741. The molecule has 3 nitrogen and oxygen atoms in total. The molecule has 2 heterocycles. The van der Waals surface area contributed by atoms with E-state index < -0.39 is 0 Å². The maximum Gasteiger partial charge on any atom is 0.226 e. The molecule has 0 radical (unpaired) electrons. The van der Waals surface area contributed by atoms with E-state index in [1.165, 1.54) is 0 Å². The minimum Gasteiger partial charge on any atom is -0.599 e. The second-order valence-electron chi connectivity index (χ2n) is 2.55. The number of nitrogens with zero attached hydrogens (tertiary/aromatic N) is 2. The van der Waals surface area contributed by atoms with Crippen molar-refractivity contribution >= 4 is 0 Å². The predicted octanol–water partition coefficient (Wildman–Crippen LogP) is 1.38. The van der Waals surface area contributed by atoms with Crippen molar-refractivity contribution in [2.24, 2.45) is 5.11 Å². The number of rotatable bonds is 0. The van der Waals surface area contributed by atoms with Gasteiger partial charge in [0.15, 0.2) is 6.04 Å². The molecule has 2 aliphatic heterocycles. The molecule has 3 aliphatic rings. The van der Waals surface area contributed by atoms with Gasteiger partial charge in [0.2, 0.25) is 6.04 Å². The standard InChI is InChI=1S/C8H8N2O/c11-10-8-4-2-1-3-7(9-10)5-6-8/h1-8H/b3-1-,4-2-. The first-order chi connectivity index (χ1) is 5.36. The first-order valence-corrected chi connectivity index (χ1v) is 3.57. The number of hydrogen-bond acceptors (Lipinski definition) is 2. The van der Waals surface area contributed by atoms with Gasteiger partial charge in [0.25, 0.3) is 0 Å². The molecule has 2 bridgehead atoms. The van der Waals surface area contributed by atoms with E-state index >= 15 is 0 Å². The lowest BCUT2D eigenvalue weighted by molar-refractivity contribution is -0.549. The Morgan fingerprint density at radius 3 is 2.73 bits per heavy atom. The van der Waals surface area contributed by atoms with Crippen LogP contribution in [0.5, 0.6) is 0 Å². The zero-order valence-electron chi connectivity index (χ0n) is 5.92. The van der Waals surface area contributed by atoms with Gasteiger partial charge in [-0.2, -0.15) is 0 Å². The van der Waals surface area contributed by atoms with Crippen LogP contribution in [0.4, 0.5) is 0 Å². The Kier molecular flexibility index (Phi) is 1.35. The molecule has 0 aromatic heterocycles. The Morgan fingerprint density at radius 2 is 1.91 bits per heavy atom. The highest BCUT2D eigenvalue weighted by molar-refractivity contribution is 5.20. The van der Waals surface area contributed by atoms with Crippen molar-refractivity contribution in [2.75, 3.05) is 0 Å². The van der Waals surface area contributed by atoms with Crippen LogP contribution in [0.15, 0.2) is 41.6 Å². The molecule has 0 saturated carbocycles. The molecular weight excluding hydrogens is 140 g/mol. The average Bonchev–Trinajstić information content (AvgIpc) is 1.92. The molecule has 0 spiro atoms. The summed E-state index contributed by atoms with van der Waals surface area (Å²) in [7, 11) is 0. The fourth-order valence-corrected chi connectivity index (χ4v) is 1.14. The molecule has 0 saturated heterocycles. The fourth-order valence-electron chi connectivity index (χ4n) is 1.14. The summed E-state index contributed by atoms with van der Waals surface area (Å²) < 4.78 is 0. The maximum absolute atomic E-state index is 11.0. The summed E-state index contributed by atoms with van der Waals surface area (Å²) in [5.41, 5.74) is 0. The minimum absolute atomic E-state index is 0.0614. The second kappa shape index (κ2) is 2.34. The van der Waals surface area contributed by atoms with Gasteiger partial charge >= 0.3 is 0 Å². The summed E-state index contributed by atoms with van der Waals surface area (Å²) in [6.07, 6.45) is 11.3. The van der Waals surface area contributed by atoms with Crippen LogP contribution in [-0.2, 0) is 0 Å². The van der Waals surface area contributed by atoms with E-state index in [0.717, 1.165) is 4.86 Å². The van der Waals surface area contributed by atoms with Crippen LogP contribution in [0.25, 0.3) is 0 Å². The lowest BCUT2D eigenvalue weighted by atomic mass is 10.1. The molecule has 0 aromatic carbocycles. The highest BCUT2D eigenvalue weighted by Crippen LogP contribution is 2.11. The van der Waals surface area contributed by atoms with Crippen LogP contribution in [0.2, 0.25) is 0 Å². The molecule has 0 N–H and O–H groups in total. The Morgan fingerprint density at radius 1 is 1.09 bits per heavy atom. The number of hydrogen-bond donors (Lipinski definition) is 0. The van der Waals surface area contributed by atoms with Crippen molar-refractivity contribution < 1.29 is 4.86 Å². The van der Waals surface area contributed by atoms with Gasteiger partial charge in [-0.05, 0) is 23.3 Å². The van der Waals surface area contributed by atoms with Crippen LogP contribution in [0.1, 0.15) is 0 Å². The van der Waals surface area contributed by atoms with Crippen molar-refractivity contribution in [3.8, 4) is 0 Å². The van der Waals surface area contributed by atoms with Gasteiger partial charge in [0, 0.05) is 0 Å². The molecule has 2 unspecified atom stereocenters. The number of hydroxylamine groups is 1. The lowest BCUT2D eigenvalue weighted by Crippen LogP contribution is -2.22. The molecular formula is C8H8N2O. The van der Waals surface area contributed by atoms with Crippen LogP contribution in [0, 0.1) is 5.21 Å².